The number of benzene rings is 1. The normalized spacial score (nSPS) is 23.8. The number of hydrogen-bond acceptors (Lipinski definition) is 2. The third-order valence-electron chi connectivity index (χ3n) is 5.00. The van der Waals surface area contributed by atoms with E-state index >= 15 is 0 Å². The zero-order valence-electron chi connectivity index (χ0n) is 13.4. The molecule has 24 heavy (non-hydrogen) atoms. The summed E-state index contributed by atoms with van der Waals surface area (Å²) in [7, 11) is 0. The minimum absolute atomic E-state index is 0.0900. The Morgan fingerprint density at radius 1 is 1.12 bits per heavy atom. The number of carboxylic acids is 1. The largest absolute Gasteiger partial charge is 0.481 e. The summed E-state index contributed by atoms with van der Waals surface area (Å²) in [5.74, 6) is -3.03. The van der Waals surface area contributed by atoms with Crippen molar-refractivity contribution in [2.24, 2.45) is 11.8 Å². The summed E-state index contributed by atoms with van der Waals surface area (Å²) in [5.41, 5.74) is 0.294. The topological polar surface area (TPSA) is 57.6 Å². The van der Waals surface area contributed by atoms with Gasteiger partial charge in [-0.3, -0.25) is 9.59 Å². The molecule has 3 rings (SSSR count). The summed E-state index contributed by atoms with van der Waals surface area (Å²) >= 11 is 0. The fourth-order valence-corrected chi connectivity index (χ4v) is 3.48. The number of hydrogen-bond donors (Lipinski definition) is 1. The second-order valence-electron chi connectivity index (χ2n) is 6.83. The van der Waals surface area contributed by atoms with E-state index in [4.69, 9.17) is 0 Å². The van der Waals surface area contributed by atoms with Crippen molar-refractivity contribution in [3.8, 4) is 0 Å². The number of carbonyl (C=O) groups excluding carboxylic acids is 1. The average molecular weight is 337 g/mol. The molecule has 0 spiro atoms. The fraction of sp³-hybridized carbons (Fsp3) is 0.556. The maximum Gasteiger partial charge on any atom is 0.306 e. The monoisotopic (exact) mass is 337 g/mol. The lowest BCUT2D eigenvalue weighted by Crippen LogP contribution is -2.40. The van der Waals surface area contributed by atoms with Crippen molar-refractivity contribution in [3.63, 3.8) is 0 Å². The van der Waals surface area contributed by atoms with Crippen LogP contribution in [0.4, 0.5) is 8.78 Å². The van der Waals surface area contributed by atoms with Crippen molar-refractivity contribution >= 4 is 11.9 Å². The van der Waals surface area contributed by atoms with Crippen LogP contribution in [0, 0.1) is 23.5 Å². The van der Waals surface area contributed by atoms with Gasteiger partial charge in [-0.25, -0.2) is 8.78 Å². The van der Waals surface area contributed by atoms with Crippen LogP contribution in [0.5, 0.6) is 0 Å². The summed E-state index contributed by atoms with van der Waals surface area (Å²) in [5, 5.41) is 9.19. The SMILES string of the molecule is O=C(O)C1CCCC(C(=O)N(Cc2ccc(F)cc2F)C2CC2)C1. The lowest BCUT2D eigenvalue weighted by molar-refractivity contribution is -0.145. The molecule has 2 fully saturated rings. The molecular formula is C18H21F2NO3. The predicted octanol–water partition coefficient (Wildman–Crippen LogP) is 3.35. The Bertz CT molecular complexity index is 645. The summed E-state index contributed by atoms with van der Waals surface area (Å²) in [6, 6.07) is 3.47. The van der Waals surface area contributed by atoms with Gasteiger partial charge >= 0.3 is 5.97 Å². The van der Waals surface area contributed by atoms with Gasteiger partial charge in [0.05, 0.1) is 5.92 Å². The van der Waals surface area contributed by atoms with E-state index < -0.39 is 23.5 Å². The maximum atomic E-state index is 13.9. The van der Waals surface area contributed by atoms with E-state index in [1.807, 2.05) is 0 Å². The summed E-state index contributed by atoms with van der Waals surface area (Å²) in [6.07, 6.45) is 4.11. The van der Waals surface area contributed by atoms with Gasteiger partial charge in [0.2, 0.25) is 5.91 Å². The Morgan fingerprint density at radius 2 is 1.83 bits per heavy atom. The zero-order chi connectivity index (χ0) is 17.3. The molecule has 2 aliphatic carbocycles. The highest BCUT2D eigenvalue weighted by atomic mass is 19.1. The van der Waals surface area contributed by atoms with Gasteiger partial charge in [-0.05, 0) is 38.2 Å². The smallest absolute Gasteiger partial charge is 0.306 e. The van der Waals surface area contributed by atoms with Crippen LogP contribution in [0.25, 0.3) is 0 Å². The molecule has 0 aromatic heterocycles. The zero-order valence-corrected chi connectivity index (χ0v) is 13.4. The first-order chi connectivity index (χ1) is 11.5. The first-order valence-electron chi connectivity index (χ1n) is 8.43. The number of carbonyl (C=O) groups is 2. The Labute approximate surface area is 139 Å². The first-order valence-corrected chi connectivity index (χ1v) is 8.43. The average Bonchev–Trinajstić information content (AvgIpc) is 3.38. The second-order valence-corrected chi connectivity index (χ2v) is 6.83. The van der Waals surface area contributed by atoms with Gasteiger partial charge in [0.1, 0.15) is 11.6 Å². The van der Waals surface area contributed by atoms with Crippen LogP contribution in [0.3, 0.4) is 0 Å². The maximum absolute atomic E-state index is 13.9. The van der Waals surface area contributed by atoms with Crippen molar-refractivity contribution in [2.75, 3.05) is 0 Å². The van der Waals surface area contributed by atoms with Crippen LogP contribution in [0.1, 0.15) is 44.1 Å². The van der Waals surface area contributed by atoms with Gasteiger partial charge in [-0.1, -0.05) is 12.5 Å². The molecule has 1 N–H and O–H groups in total. The third kappa shape index (κ3) is 3.74. The number of rotatable bonds is 5. The lowest BCUT2D eigenvalue weighted by Gasteiger charge is -2.31. The van der Waals surface area contributed by atoms with Crippen LogP contribution in [-0.2, 0) is 16.1 Å². The Kier molecular flexibility index (Phi) is 4.83. The molecule has 2 saturated carbocycles. The first kappa shape index (κ1) is 16.9. The molecule has 1 aromatic rings. The van der Waals surface area contributed by atoms with Gasteiger partial charge in [0, 0.05) is 30.1 Å². The van der Waals surface area contributed by atoms with E-state index in [0.717, 1.165) is 25.3 Å². The quantitative estimate of drug-likeness (QED) is 0.896. The molecule has 2 atom stereocenters. The van der Waals surface area contributed by atoms with Gasteiger partial charge in [-0.15, -0.1) is 0 Å². The summed E-state index contributed by atoms with van der Waals surface area (Å²) in [4.78, 5) is 25.7. The van der Waals surface area contributed by atoms with Crippen LogP contribution in [0.2, 0.25) is 0 Å². The van der Waals surface area contributed by atoms with E-state index in [-0.39, 0.29) is 24.4 Å². The van der Waals surface area contributed by atoms with Crippen molar-refractivity contribution in [2.45, 2.75) is 51.1 Å². The van der Waals surface area contributed by atoms with Gasteiger partial charge < -0.3 is 10.0 Å². The van der Waals surface area contributed by atoms with Gasteiger partial charge in [0.15, 0.2) is 0 Å². The second kappa shape index (κ2) is 6.87. The molecule has 0 aliphatic heterocycles. The van der Waals surface area contributed by atoms with E-state index in [9.17, 15) is 23.5 Å². The molecule has 0 bridgehead atoms. The highest BCUT2D eigenvalue weighted by Gasteiger charge is 2.39. The van der Waals surface area contributed by atoms with E-state index in [1.54, 1.807) is 4.90 Å². The van der Waals surface area contributed by atoms with Crippen LogP contribution in [-0.4, -0.2) is 27.9 Å². The molecule has 130 valence electrons. The van der Waals surface area contributed by atoms with Crippen molar-refractivity contribution in [1.29, 1.82) is 0 Å². The standard InChI is InChI=1S/C18H21F2NO3/c19-14-5-4-13(16(20)9-14)10-21(15-6-7-15)17(22)11-2-1-3-12(8-11)18(23)24/h4-5,9,11-12,15H,1-3,6-8,10H2,(H,23,24). The van der Waals surface area contributed by atoms with Crippen LogP contribution in [0.15, 0.2) is 18.2 Å². The van der Waals surface area contributed by atoms with Crippen LogP contribution >= 0.6 is 0 Å². The fourth-order valence-electron chi connectivity index (χ4n) is 3.48. The molecule has 6 heteroatoms. The number of nitrogens with zero attached hydrogens (tertiary/aromatic N) is 1. The van der Waals surface area contributed by atoms with Crippen LogP contribution < -0.4 is 0 Å². The minimum Gasteiger partial charge on any atom is -0.481 e. The molecule has 0 saturated heterocycles. The van der Waals surface area contributed by atoms with Crippen molar-refractivity contribution < 1.29 is 23.5 Å². The third-order valence-corrected chi connectivity index (χ3v) is 5.00. The summed E-state index contributed by atoms with van der Waals surface area (Å²) in [6.45, 7) is 0.115. The van der Waals surface area contributed by atoms with E-state index in [2.05, 4.69) is 0 Å². The summed E-state index contributed by atoms with van der Waals surface area (Å²) < 4.78 is 27.0. The van der Waals surface area contributed by atoms with Crippen molar-refractivity contribution in [1.82, 2.24) is 4.90 Å². The van der Waals surface area contributed by atoms with Gasteiger partial charge in [0.25, 0.3) is 0 Å². The molecule has 0 heterocycles. The Balaban J connectivity index is 1.73. The van der Waals surface area contributed by atoms with Gasteiger partial charge in [-0.2, -0.15) is 0 Å². The molecule has 0 radical (unpaired) electrons. The number of aliphatic carboxylic acids is 1. The number of carboxylic acid groups (broad SMARTS) is 1. The predicted molar refractivity (Wildman–Crippen MR) is 83.0 cm³/mol. The lowest BCUT2D eigenvalue weighted by atomic mass is 9.80. The van der Waals surface area contributed by atoms with Crippen molar-refractivity contribution in [3.05, 3.63) is 35.4 Å². The Hall–Kier alpha value is -1.98. The van der Waals surface area contributed by atoms with E-state index in [1.165, 1.54) is 12.1 Å². The molecule has 1 amide bonds. The molecule has 4 nitrogen and oxygen atoms in total. The molecular weight excluding hydrogens is 316 g/mol. The number of amides is 1. The molecule has 1 aromatic carbocycles. The molecule has 2 aliphatic rings. The molecule has 2 unspecified atom stereocenters. The highest BCUT2D eigenvalue weighted by Crippen LogP contribution is 2.35. The highest BCUT2D eigenvalue weighted by molar-refractivity contribution is 5.81. The minimum atomic E-state index is -0.852. The number of halogens is 2. The van der Waals surface area contributed by atoms with E-state index in [0.29, 0.717) is 24.8 Å². The Morgan fingerprint density at radius 3 is 2.46 bits per heavy atom.